The number of rotatable bonds is 5. The Hall–Kier alpha value is -1.55. The molecule has 0 aromatic heterocycles. The van der Waals surface area contributed by atoms with Crippen LogP contribution in [0.15, 0.2) is 18.2 Å². The maximum atomic E-state index is 11.7. The number of hydrogen-bond acceptors (Lipinski definition) is 2. The molecule has 108 valence electrons. The van der Waals surface area contributed by atoms with Crippen molar-refractivity contribution in [3.63, 3.8) is 0 Å². The van der Waals surface area contributed by atoms with Crippen LogP contribution < -0.4 is 10.2 Å². The van der Waals surface area contributed by atoms with E-state index >= 15 is 0 Å². The van der Waals surface area contributed by atoms with E-state index in [-0.39, 0.29) is 11.8 Å². The molecule has 4 nitrogen and oxygen atoms in total. The average Bonchev–Trinajstić information content (AvgIpc) is 2.82. The van der Waals surface area contributed by atoms with Crippen LogP contribution in [0.1, 0.15) is 31.7 Å². The minimum Gasteiger partial charge on any atom is -0.326 e. The van der Waals surface area contributed by atoms with E-state index < -0.39 is 0 Å². The summed E-state index contributed by atoms with van der Waals surface area (Å²) in [5.74, 6) is 0.658. The SMILES string of the molecule is CC(=O)N1CCc2cc(NC(=O)CCCCCl)ccc21. The lowest BCUT2D eigenvalue weighted by Gasteiger charge is -2.15. The molecule has 2 rings (SSSR count). The minimum atomic E-state index is 0.0106. The zero-order valence-corrected chi connectivity index (χ0v) is 12.4. The first-order valence-electron chi connectivity index (χ1n) is 6.88. The monoisotopic (exact) mass is 294 g/mol. The van der Waals surface area contributed by atoms with Gasteiger partial charge in [0.05, 0.1) is 0 Å². The molecule has 2 amide bonds. The number of carbonyl (C=O) groups is 2. The molecule has 1 heterocycles. The molecule has 0 saturated carbocycles. The zero-order valence-electron chi connectivity index (χ0n) is 11.6. The highest BCUT2D eigenvalue weighted by molar-refractivity contribution is 6.17. The number of anilines is 2. The molecule has 1 aliphatic rings. The molecule has 5 heteroatoms. The number of alkyl halides is 1. The minimum absolute atomic E-state index is 0.0106. The second kappa shape index (κ2) is 6.75. The van der Waals surface area contributed by atoms with E-state index in [0.717, 1.165) is 42.7 Å². The number of fused-ring (bicyclic) bond motifs is 1. The first kappa shape index (κ1) is 14.9. The molecule has 0 atom stereocenters. The molecule has 0 radical (unpaired) electrons. The number of hydrogen-bond donors (Lipinski definition) is 1. The van der Waals surface area contributed by atoms with Crippen LogP contribution in [0.25, 0.3) is 0 Å². The van der Waals surface area contributed by atoms with E-state index in [9.17, 15) is 9.59 Å². The van der Waals surface area contributed by atoms with Crippen molar-refractivity contribution in [3.05, 3.63) is 23.8 Å². The molecule has 1 aromatic rings. The van der Waals surface area contributed by atoms with Crippen molar-refractivity contribution < 1.29 is 9.59 Å². The number of nitrogens with zero attached hydrogens (tertiary/aromatic N) is 1. The van der Waals surface area contributed by atoms with Gasteiger partial charge in [-0.1, -0.05) is 0 Å². The van der Waals surface area contributed by atoms with Crippen molar-refractivity contribution in [2.45, 2.75) is 32.6 Å². The van der Waals surface area contributed by atoms with E-state index in [1.165, 1.54) is 0 Å². The van der Waals surface area contributed by atoms with Crippen LogP contribution in [-0.4, -0.2) is 24.2 Å². The summed E-state index contributed by atoms with van der Waals surface area (Å²) < 4.78 is 0. The summed E-state index contributed by atoms with van der Waals surface area (Å²) in [5, 5.41) is 2.89. The standard InChI is InChI=1S/C15H19ClN2O2/c1-11(19)18-9-7-12-10-13(5-6-14(12)18)17-15(20)4-2-3-8-16/h5-6,10H,2-4,7-9H2,1H3,(H,17,20). The van der Waals surface area contributed by atoms with Crippen LogP contribution in [0, 0.1) is 0 Å². The van der Waals surface area contributed by atoms with Gasteiger partial charge in [0.1, 0.15) is 0 Å². The maximum absolute atomic E-state index is 11.7. The summed E-state index contributed by atoms with van der Waals surface area (Å²) in [4.78, 5) is 25.0. The number of nitrogens with one attached hydrogen (secondary N) is 1. The number of carbonyl (C=O) groups excluding carboxylic acids is 2. The Morgan fingerprint density at radius 1 is 1.35 bits per heavy atom. The van der Waals surface area contributed by atoms with Crippen molar-refractivity contribution in [1.82, 2.24) is 0 Å². The Morgan fingerprint density at radius 3 is 2.85 bits per heavy atom. The van der Waals surface area contributed by atoms with E-state index in [1.807, 2.05) is 18.2 Å². The van der Waals surface area contributed by atoms with E-state index in [4.69, 9.17) is 11.6 Å². The summed E-state index contributed by atoms with van der Waals surface area (Å²) in [6.07, 6.45) is 2.99. The van der Waals surface area contributed by atoms with Gasteiger partial charge in [-0.3, -0.25) is 9.59 Å². The van der Waals surface area contributed by atoms with Gasteiger partial charge < -0.3 is 10.2 Å². The second-order valence-corrected chi connectivity index (χ2v) is 5.34. The molecule has 1 aromatic carbocycles. The fraction of sp³-hybridized carbons (Fsp3) is 0.467. The largest absolute Gasteiger partial charge is 0.326 e. The van der Waals surface area contributed by atoms with Crippen molar-refractivity contribution >= 4 is 34.8 Å². The van der Waals surface area contributed by atoms with E-state index in [1.54, 1.807) is 11.8 Å². The molecule has 0 bridgehead atoms. The van der Waals surface area contributed by atoms with Gasteiger partial charge in [0, 0.05) is 37.1 Å². The van der Waals surface area contributed by atoms with Gasteiger partial charge in [0.25, 0.3) is 0 Å². The molecule has 0 spiro atoms. The summed E-state index contributed by atoms with van der Waals surface area (Å²) >= 11 is 5.58. The van der Waals surface area contributed by atoms with Crippen LogP contribution in [0.3, 0.4) is 0 Å². The quantitative estimate of drug-likeness (QED) is 0.670. The van der Waals surface area contributed by atoms with Gasteiger partial charge in [0.2, 0.25) is 11.8 Å². The van der Waals surface area contributed by atoms with Crippen LogP contribution in [-0.2, 0) is 16.0 Å². The first-order valence-corrected chi connectivity index (χ1v) is 7.42. The maximum Gasteiger partial charge on any atom is 0.224 e. The van der Waals surface area contributed by atoms with E-state index in [0.29, 0.717) is 12.3 Å². The van der Waals surface area contributed by atoms with E-state index in [2.05, 4.69) is 5.32 Å². The molecule has 20 heavy (non-hydrogen) atoms. The lowest BCUT2D eigenvalue weighted by Crippen LogP contribution is -2.25. The summed E-state index contributed by atoms with van der Waals surface area (Å²) in [5.41, 5.74) is 2.86. The highest BCUT2D eigenvalue weighted by Crippen LogP contribution is 2.30. The fourth-order valence-electron chi connectivity index (χ4n) is 2.41. The van der Waals surface area contributed by atoms with Gasteiger partial charge >= 0.3 is 0 Å². The highest BCUT2D eigenvalue weighted by Gasteiger charge is 2.22. The van der Waals surface area contributed by atoms with Crippen molar-refractivity contribution in [1.29, 1.82) is 0 Å². The normalized spacial score (nSPS) is 13.2. The van der Waals surface area contributed by atoms with Crippen LogP contribution >= 0.6 is 11.6 Å². The average molecular weight is 295 g/mol. The van der Waals surface area contributed by atoms with Crippen LogP contribution in [0.2, 0.25) is 0 Å². The number of halogens is 1. The Kier molecular flexibility index (Phi) is 5.01. The Balaban J connectivity index is 1.98. The van der Waals surface area contributed by atoms with Crippen LogP contribution in [0.5, 0.6) is 0 Å². The van der Waals surface area contributed by atoms with Crippen molar-refractivity contribution in [3.8, 4) is 0 Å². The Morgan fingerprint density at radius 2 is 2.15 bits per heavy atom. The second-order valence-electron chi connectivity index (χ2n) is 4.96. The fourth-order valence-corrected chi connectivity index (χ4v) is 2.60. The van der Waals surface area contributed by atoms with Gasteiger partial charge in [-0.15, -0.1) is 11.6 Å². The zero-order chi connectivity index (χ0) is 14.5. The van der Waals surface area contributed by atoms with Gasteiger partial charge in [-0.25, -0.2) is 0 Å². The predicted octanol–water partition coefficient (Wildman–Crippen LogP) is 2.94. The third-order valence-corrected chi connectivity index (χ3v) is 3.69. The summed E-state index contributed by atoms with van der Waals surface area (Å²) in [6.45, 7) is 2.29. The highest BCUT2D eigenvalue weighted by atomic mass is 35.5. The third kappa shape index (κ3) is 3.51. The van der Waals surface area contributed by atoms with Crippen molar-refractivity contribution in [2.24, 2.45) is 0 Å². The molecular weight excluding hydrogens is 276 g/mol. The third-order valence-electron chi connectivity index (χ3n) is 3.43. The molecule has 0 saturated heterocycles. The van der Waals surface area contributed by atoms with Gasteiger partial charge in [0.15, 0.2) is 0 Å². The number of amides is 2. The molecule has 0 unspecified atom stereocenters. The van der Waals surface area contributed by atoms with Crippen LogP contribution in [0.4, 0.5) is 11.4 Å². The Labute approximate surface area is 124 Å². The first-order chi connectivity index (χ1) is 9.61. The lowest BCUT2D eigenvalue weighted by molar-refractivity contribution is -0.117. The molecule has 0 fully saturated rings. The molecular formula is C15H19ClN2O2. The van der Waals surface area contributed by atoms with Gasteiger partial charge in [-0.2, -0.15) is 0 Å². The smallest absolute Gasteiger partial charge is 0.224 e. The molecule has 1 N–H and O–H groups in total. The molecule has 1 aliphatic heterocycles. The Bertz CT molecular complexity index is 517. The lowest BCUT2D eigenvalue weighted by atomic mass is 10.1. The number of benzene rings is 1. The molecule has 0 aliphatic carbocycles. The van der Waals surface area contributed by atoms with Gasteiger partial charge in [-0.05, 0) is 43.0 Å². The summed E-state index contributed by atoms with van der Waals surface area (Å²) in [7, 11) is 0. The number of unbranched alkanes of at least 4 members (excludes halogenated alkanes) is 1. The van der Waals surface area contributed by atoms with Crippen molar-refractivity contribution in [2.75, 3.05) is 22.6 Å². The topological polar surface area (TPSA) is 49.4 Å². The predicted molar refractivity (Wildman–Crippen MR) is 81.4 cm³/mol. The summed E-state index contributed by atoms with van der Waals surface area (Å²) in [6, 6.07) is 5.70.